The Bertz CT molecular complexity index is 501. The lowest BCUT2D eigenvalue weighted by molar-refractivity contribution is -0.115. The average Bonchev–Trinajstić information content (AvgIpc) is 2.65. The number of likely N-dealkylation sites (N-methyl/N-ethyl adjacent to an activating group) is 1. The van der Waals surface area contributed by atoms with E-state index in [4.69, 9.17) is 0 Å². The number of nitriles is 1. The third kappa shape index (κ3) is 2.55. The molecule has 1 amide bonds. The van der Waals surface area contributed by atoms with E-state index in [0.717, 1.165) is 29.8 Å². The molecular formula is C13H17N3OS. The molecule has 1 aliphatic carbocycles. The Morgan fingerprint density at radius 3 is 3.06 bits per heavy atom. The Labute approximate surface area is 111 Å². The van der Waals surface area contributed by atoms with Gasteiger partial charge in [0.1, 0.15) is 11.1 Å². The molecule has 0 fully saturated rings. The van der Waals surface area contributed by atoms with Gasteiger partial charge < -0.3 is 10.6 Å². The molecule has 1 unspecified atom stereocenters. The van der Waals surface area contributed by atoms with E-state index >= 15 is 0 Å². The van der Waals surface area contributed by atoms with Crippen LogP contribution in [0, 0.1) is 17.2 Å². The smallest absolute Gasteiger partial charge is 0.238 e. The number of rotatable bonds is 3. The molecule has 2 N–H and O–H groups in total. The molecule has 0 spiro atoms. The number of hydrogen-bond donors (Lipinski definition) is 2. The van der Waals surface area contributed by atoms with Crippen molar-refractivity contribution in [1.82, 2.24) is 5.32 Å². The zero-order valence-electron chi connectivity index (χ0n) is 10.7. The molecule has 1 aromatic rings. The van der Waals surface area contributed by atoms with Gasteiger partial charge in [0.05, 0.1) is 12.1 Å². The minimum atomic E-state index is -0.0966. The largest absolute Gasteiger partial charge is 0.315 e. The average molecular weight is 263 g/mol. The Morgan fingerprint density at radius 1 is 1.61 bits per heavy atom. The number of anilines is 1. The molecule has 0 aromatic carbocycles. The fraction of sp³-hybridized carbons (Fsp3) is 0.538. The topological polar surface area (TPSA) is 64.9 Å². The van der Waals surface area contributed by atoms with Crippen molar-refractivity contribution in [1.29, 1.82) is 5.26 Å². The third-order valence-electron chi connectivity index (χ3n) is 3.21. The Balaban J connectivity index is 2.26. The number of thiophene rings is 1. The molecule has 1 aromatic heterocycles. The van der Waals surface area contributed by atoms with Gasteiger partial charge in [0.25, 0.3) is 0 Å². The van der Waals surface area contributed by atoms with Gasteiger partial charge in [0, 0.05) is 4.88 Å². The predicted molar refractivity (Wildman–Crippen MR) is 72.8 cm³/mol. The maximum atomic E-state index is 11.6. The van der Waals surface area contributed by atoms with Crippen LogP contribution >= 0.6 is 11.3 Å². The second-order valence-corrected chi connectivity index (χ2v) is 5.85. The summed E-state index contributed by atoms with van der Waals surface area (Å²) in [6.07, 6.45) is 3.11. The van der Waals surface area contributed by atoms with Crippen LogP contribution in [0.2, 0.25) is 0 Å². The number of carbonyl (C=O) groups is 1. The number of nitrogens with zero attached hydrogens (tertiary/aromatic N) is 1. The molecular weight excluding hydrogens is 246 g/mol. The lowest BCUT2D eigenvalue weighted by Gasteiger charge is -2.17. The monoisotopic (exact) mass is 263 g/mol. The van der Waals surface area contributed by atoms with E-state index in [1.54, 1.807) is 18.4 Å². The van der Waals surface area contributed by atoms with Crippen molar-refractivity contribution < 1.29 is 4.79 Å². The lowest BCUT2D eigenvalue weighted by atomic mass is 9.89. The molecule has 0 bridgehead atoms. The Kier molecular flexibility index (Phi) is 4.00. The van der Waals surface area contributed by atoms with Gasteiger partial charge in [-0.3, -0.25) is 4.79 Å². The summed E-state index contributed by atoms with van der Waals surface area (Å²) in [4.78, 5) is 12.9. The molecule has 4 nitrogen and oxygen atoms in total. The van der Waals surface area contributed by atoms with Crippen molar-refractivity contribution in [2.24, 2.45) is 5.92 Å². The van der Waals surface area contributed by atoms with Crippen LogP contribution in [0.5, 0.6) is 0 Å². The Morgan fingerprint density at radius 2 is 2.39 bits per heavy atom. The van der Waals surface area contributed by atoms with Crippen molar-refractivity contribution >= 4 is 22.2 Å². The molecule has 96 valence electrons. The van der Waals surface area contributed by atoms with Gasteiger partial charge in [-0.2, -0.15) is 5.26 Å². The van der Waals surface area contributed by atoms with E-state index in [9.17, 15) is 10.1 Å². The second-order valence-electron chi connectivity index (χ2n) is 4.75. The standard InChI is InChI=1S/C13H17N3OS/c1-8-3-4-9-10(6-14)13(18-11(9)5-8)16-12(17)7-15-2/h8,15H,3-5,7H2,1-2H3,(H,16,17). The Hall–Kier alpha value is -1.38. The highest BCUT2D eigenvalue weighted by atomic mass is 32.1. The summed E-state index contributed by atoms with van der Waals surface area (Å²) < 4.78 is 0. The van der Waals surface area contributed by atoms with E-state index in [-0.39, 0.29) is 12.5 Å². The SMILES string of the molecule is CNCC(=O)Nc1sc2c(c1C#N)CCC(C)C2. The quantitative estimate of drug-likeness (QED) is 0.875. The third-order valence-corrected chi connectivity index (χ3v) is 4.38. The molecule has 0 saturated carbocycles. The van der Waals surface area contributed by atoms with Crippen LogP contribution in [0.25, 0.3) is 0 Å². The van der Waals surface area contributed by atoms with Crippen molar-refractivity contribution in [3.63, 3.8) is 0 Å². The van der Waals surface area contributed by atoms with Crippen LogP contribution in [-0.2, 0) is 17.6 Å². The van der Waals surface area contributed by atoms with E-state index in [1.165, 1.54) is 4.88 Å². The van der Waals surface area contributed by atoms with Crippen LogP contribution in [0.1, 0.15) is 29.3 Å². The summed E-state index contributed by atoms with van der Waals surface area (Å²) in [5.41, 5.74) is 1.83. The number of fused-ring (bicyclic) bond motifs is 1. The van der Waals surface area contributed by atoms with Crippen LogP contribution in [0.4, 0.5) is 5.00 Å². The molecule has 0 saturated heterocycles. The summed E-state index contributed by atoms with van der Waals surface area (Å²) >= 11 is 1.56. The van der Waals surface area contributed by atoms with Gasteiger partial charge in [0.2, 0.25) is 5.91 Å². The highest BCUT2D eigenvalue weighted by Crippen LogP contribution is 2.39. The zero-order chi connectivity index (χ0) is 13.1. The minimum Gasteiger partial charge on any atom is -0.315 e. The van der Waals surface area contributed by atoms with E-state index in [1.807, 2.05) is 0 Å². The van der Waals surface area contributed by atoms with Crippen molar-refractivity contribution in [3.8, 4) is 6.07 Å². The first-order chi connectivity index (χ1) is 8.65. The van der Waals surface area contributed by atoms with Crippen LogP contribution in [-0.4, -0.2) is 19.5 Å². The van der Waals surface area contributed by atoms with Crippen molar-refractivity contribution in [2.45, 2.75) is 26.2 Å². The van der Waals surface area contributed by atoms with Crippen molar-refractivity contribution in [3.05, 3.63) is 16.0 Å². The highest BCUT2D eigenvalue weighted by Gasteiger charge is 2.24. The molecule has 0 aliphatic heterocycles. The lowest BCUT2D eigenvalue weighted by Crippen LogP contribution is -2.24. The predicted octanol–water partition coefficient (Wildman–Crippen LogP) is 1.90. The first-order valence-corrected chi connectivity index (χ1v) is 6.96. The molecule has 0 radical (unpaired) electrons. The number of amides is 1. The van der Waals surface area contributed by atoms with E-state index in [0.29, 0.717) is 11.5 Å². The number of hydrogen-bond acceptors (Lipinski definition) is 4. The molecule has 18 heavy (non-hydrogen) atoms. The number of carbonyl (C=O) groups excluding carboxylic acids is 1. The number of nitrogens with one attached hydrogen (secondary N) is 2. The van der Waals surface area contributed by atoms with Gasteiger partial charge in [-0.1, -0.05) is 6.92 Å². The highest BCUT2D eigenvalue weighted by molar-refractivity contribution is 7.16. The maximum Gasteiger partial charge on any atom is 0.238 e. The zero-order valence-corrected chi connectivity index (χ0v) is 11.5. The second kappa shape index (κ2) is 5.51. The first kappa shape index (κ1) is 13.1. The normalized spacial score (nSPS) is 17.9. The minimum absolute atomic E-state index is 0.0966. The summed E-state index contributed by atoms with van der Waals surface area (Å²) in [5, 5.41) is 15.6. The maximum absolute atomic E-state index is 11.6. The van der Waals surface area contributed by atoms with Crippen molar-refractivity contribution in [2.75, 3.05) is 18.9 Å². The van der Waals surface area contributed by atoms with E-state index < -0.39 is 0 Å². The molecule has 2 rings (SSSR count). The molecule has 1 heterocycles. The molecule has 1 aliphatic rings. The molecule has 1 atom stereocenters. The van der Waals surface area contributed by atoms with Gasteiger partial charge in [-0.25, -0.2) is 0 Å². The fourth-order valence-electron chi connectivity index (χ4n) is 2.29. The van der Waals surface area contributed by atoms with Crippen LogP contribution in [0.15, 0.2) is 0 Å². The summed E-state index contributed by atoms with van der Waals surface area (Å²) in [7, 11) is 1.73. The summed E-state index contributed by atoms with van der Waals surface area (Å²) in [6.45, 7) is 2.50. The van der Waals surface area contributed by atoms with Crippen LogP contribution < -0.4 is 10.6 Å². The molecule has 5 heteroatoms. The van der Waals surface area contributed by atoms with Crippen LogP contribution in [0.3, 0.4) is 0 Å². The van der Waals surface area contributed by atoms with Gasteiger partial charge in [0.15, 0.2) is 0 Å². The van der Waals surface area contributed by atoms with E-state index in [2.05, 4.69) is 23.6 Å². The van der Waals surface area contributed by atoms with Gasteiger partial charge >= 0.3 is 0 Å². The van der Waals surface area contributed by atoms with Gasteiger partial charge in [-0.15, -0.1) is 11.3 Å². The first-order valence-electron chi connectivity index (χ1n) is 6.14. The summed E-state index contributed by atoms with van der Waals surface area (Å²) in [6, 6.07) is 2.24. The van der Waals surface area contributed by atoms with Gasteiger partial charge in [-0.05, 0) is 37.8 Å². The summed E-state index contributed by atoms with van der Waals surface area (Å²) in [5.74, 6) is 0.573. The fourth-order valence-corrected chi connectivity index (χ4v) is 3.67.